The lowest BCUT2D eigenvalue weighted by molar-refractivity contribution is -0.144. The Balaban J connectivity index is 1.98. The van der Waals surface area contributed by atoms with Gasteiger partial charge in [-0.05, 0) is 12.1 Å². The monoisotopic (exact) mass is 359 g/mol. The molecule has 26 heavy (non-hydrogen) atoms. The SMILES string of the molecule is CC(=O)N1CCN([C@H](C(=O)O)c2cn(C)c3cc(C(=O)O)ccc23)CC1. The molecule has 2 heterocycles. The van der Waals surface area contributed by atoms with Crippen LogP contribution in [0, 0.1) is 0 Å². The quantitative estimate of drug-likeness (QED) is 0.849. The molecule has 1 aromatic carbocycles. The number of carboxylic acid groups (broad SMARTS) is 2. The van der Waals surface area contributed by atoms with Crippen LogP contribution >= 0.6 is 0 Å². The zero-order valence-corrected chi connectivity index (χ0v) is 14.7. The van der Waals surface area contributed by atoms with E-state index in [0.29, 0.717) is 37.3 Å². The molecule has 0 unspecified atom stereocenters. The zero-order valence-electron chi connectivity index (χ0n) is 14.7. The summed E-state index contributed by atoms with van der Waals surface area (Å²) < 4.78 is 1.75. The van der Waals surface area contributed by atoms with Gasteiger partial charge in [-0.25, -0.2) is 4.79 Å². The van der Waals surface area contributed by atoms with Gasteiger partial charge in [-0.1, -0.05) is 6.07 Å². The number of fused-ring (bicyclic) bond motifs is 1. The number of aryl methyl sites for hydroxylation is 1. The van der Waals surface area contributed by atoms with Gasteiger partial charge in [0, 0.05) is 62.8 Å². The Kier molecular flexibility index (Phi) is 4.69. The molecule has 2 N–H and O–H groups in total. The minimum atomic E-state index is -1.02. The summed E-state index contributed by atoms with van der Waals surface area (Å²) in [5.41, 5.74) is 1.46. The van der Waals surface area contributed by atoms with Gasteiger partial charge in [-0.2, -0.15) is 0 Å². The van der Waals surface area contributed by atoms with Crippen molar-refractivity contribution in [3.63, 3.8) is 0 Å². The van der Waals surface area contributed by atoms with Crippen LogP contribution in [0.1, 0.15) is 28.9 Å². The second kappa shape index (κ2) is 6.80. The number of aromatic carboxylic acids is 1. The zero-order chi connectivity index (χ0) is 19.0. The van der Waals surface area contributed by atoms with E-state index in [-0.39, 0.29) is 11.5 Å². The van der Waals surface area contributed by atoms with E-state index in [1.165, 1.54) is 13.0 Å². The van der Waals surface area contributed by atoms with Gasteiger partial charge in [-0.15, -0.1) is 0 Å². The molecule has 0 aliphatic carbocycles. The lowest BCUT2D eigenvalue weighted by Gasteiger charge is -2.37. The largest absolute Gasteiger partial charge is 0.480 e. The molecule has 8 heteroatoms. The first-order chi connectivity index (χ1) is 12.3. The Bertz CT molecular complexity index is 880. The summed E-state index contributed by atoms with van der Waals surface area (Å²) in [6.07, 6.45) is 1.74. The molecule has 8 nitrogen and oxygen atoms in total. The first-order valence-electron chi connectivity index (χ1n) is 8.34. The number of benzene rings is 1. The van der Waals surface area contributed by atoms with Crippen LogP contribution in [0.25, 0.3) is 10.9 Å². The summed E-state index contributed by atoms with van der Waals surface area (Å²) in [4.78, 5) is 38.3. The number of rotatable bonds is 4. The number of carbonyl (C=O) groups excluding carboxylic acids is 1. The van der Waals surface area contributed by atoms with E-state index in [4.69, 9.17) is 5.11 Å². The van der Waals surface area contributed by atoms with Crippen molar-refractivity contribution in [1.82, 2.24) is 14.4 Å². The summed E-state index contributed by atoms with van der Waals surface area (Å²) in [6, 6.07) is 3.85. The molecule has 0 bridgehead atoms. The van der Waals surface area contributed by atoms with Gasteiger partial charge in [0.2, 0.25) is 5.91 Å². The van der Waals surface area contributed by atoms with Gasteiger partial charge in [0.15, 0.2) is 0 Å². The van der Waals surface area contributed by atoms with Gasteiger partial charge in [0.25, 0.3) is 0 Å². The summed E-state index contributed by atoms with van der Waals surface area (Å²) in [6.45, 7) is 3.44. The maximum Gasteiger partial charge on any atom is 0.335 e. The van der Waals surface area contributed by atoms with Crippen molar-refractivity contribution in [2.45, 2.75) is 13.0 Å². The molecule has 1 aliphatic rings. The maximum absolute atomic E-state index is 12.0. The van der Waals surface area contributed by atoms with E-state index in [9.17, 15) is 19.5 Å². The summed E-state index contributed by atoms with van der Waals surface area (Å²) in [5.74, 6) is -2.00. The van der Waals surface area contributed by atoms with Crippen LogP contribution in [-0.2, 0) is 16.6 Å². The first-order valence-corrected chi connectivity index (χ1v) is 8.34. The molecule has 1 atom stereocenters. The third kappa shape index (κ3) is 3.15. The Labute approximate surface area is 150 Å². The average Bonchev–Trinajstić information content (AvgIpc) is 2.91. The standard InChI is InChI=1S/C18H21N3O5/c1-11(22)20-5-7-21(8-6-20)16(18(25)26)14-10-19(2)15-9-12(17(23)24)3-4-13(14)15/h3-4,9-10,16H,5-8H2,1-2H3,(H,23,24)(H,25,26)/t16-/m0/s1. The van der Waals surface area contributed by atoms with Crippen LogP contribution in [0.15, 0.2) is 24.4 Å². The highest BCUT2D eigenvalue weighted by Crippen LogP contribution is 2.31. The van der Waals surface area contributed by atoms with Crippen molar-refractivity contribution in [2.75, 3.05) is 26.2 Å². The predicted molar refractivity (Wildman–Crippen MR) is 94.1 cm³/mol. The highest BCUT2D eigenvalue weighted by Gasteiger charge is 2.33. The van der Waals surface area contributed by atoms with Crippen molar-refractivity contribution >= 4 is 28.7 Å². The molecule has 1 aliphatic heterocycles. The van der Waals surface area contributed by atoms with Gasteiger partial charge in [0.05, 0.1) is 5.56 Å². The second-order valence-corrected chi connectivity index (χ2v) is 6.52. The molecule has 1 aromatic heterocycles. The highest BCUT2D eigenvalue weighted by atomic mass is 16.4. The van der Waals surface area contributed by atoms with Crippen LogP contribution in [0.4, 0.5) is 0 Å². The van der Waals surface area contributed by atoms with Crippen molar-refractivity contribution in [3.8, 4) is 0 Å². The molecule has 2 aromatic rings. The fourth-order valence-electron chi connectivity index (χ4n) is 3.55. The number of carbonyl (C=O) groups is 3. The predicted octanol–water partition coefficient (Wildman–Crippen LogP) is 1.17. The fourth-order valence-corrected chi connectivity index (χ4v) is 3.55. The van der Waals surface area contributed by atoms with Crippen molar-refractivity contribution in [3.05, 3.63) is 35.5 Å². The van der Waals surface area contributed by atoms with E-state index in [2.05, 4.69) is 0 Å². The molecule has 0 saturated carbocycles. The third-order valence-corrected chi connectivity index (χ3v) is 4.92. The lowest BCUT2D eigenvalue weighted by Crippen LogP contribution is -2.50. The number of hydrogen-bond donors (Lipinski definition) is 2. The van der Waals surface area contributed by atoms with E-state index < -0.39 is 18.0 Å². The normalized spacial score (nSPS) is 16.6. The molecule has 0 spiro atoms. The minimum Gasteiger partial charge on any atom is -0.480 e. The van der Waals surface area contributed by atoms with Crippen molar-refractivity contribution in [2.24, 2.45) is 7.05 Å². The van der Waals surface area contributed by atoms with Gasteiger partial charge < -0.3 is 19.7 Å². The van der Waals surface area contributed by atoms with Crippen LogP contribution in [0.3, 0.4) is 0 Å². The van der Waals surface area contributed by atoms with E-state index >= 15 is 0 Å². The summed E-state index contributed by atoms with van der Waals surface area (Å²) >= 11 is 0. The second-order valence-electron chi connectivity index (χ2n) is 6.52. The fraction of sp³-hybridized carbons (Fsp3) is 0.389. The van der Waals surface area contributed by atoms with Crippen LogP contribution in [0.5, 0.6) is 0 Å². The molecular weight excluding hydrogens is 338 g/mol. The minimum absolute atomic E-state index is 0.0112. The third-order valence-electron chi connectivity index (χ3n) is 4.92. The molecule has 1 saturated heterocycles. The number of hydrogen-bond acceptors (Lipinski definition) is 4. The molecular formula is C18H21N3O5. The first kappa shape index (κ1) is 17.9. The van der Waals surface area contributed by atoms with E-state index in [1.807, 2.05) is 4.90 Å². The maximum atomic E-state index is 12.0. The lowest BCUT2D eigenvalue weighted by atomic mass is 10.0. The average molecular weight is 359 g/mol. The molecule has 3 rings (SSSR count). The van der Waals surface area contributed by atoms with E-state index in [0.717, 1.165) is 5.39 Å². The van der Waals surface area contributed by atoms with Gasteiger partial charge >= 0.3 is 11.9 Å². The Morgan fingerprint density at radius 1 is 1.08 bits per heavy atom. The van der Waals surface area contributed by atoms with Crippen LogP contribution in [-0.4, -0.2) is 68.6 Å². The Morgan fingerprint density at radius 2 is 1.73 bits per heavy atom. The smallest absolute Gasteiger partial charge is 0.335 e. The van der Waals surface area contributed by atoms with Crippen molar-refractivity contribution in [1.29, 1.82) is 0 Å². The summed E-state index contributed by atoms with van der Waals surface area (Å²) in [5, 5.41) is 19.7. The highest BCUT2D eigenvalue weighted by molar-refractivity contribution is 5.96. The van der Waals surface area contributed by atoms with Gasteiger partial charge in [-0.3, -0.25) is 14.5 Å². The summed E-state index contributed by atoms with van der Waals surface area (Å²) in [7, 11) is 1.77. The van der Waals surface area contributed by atoms with E-state index in [1.54, 1.807) is 34.8 Å². The topological polar surface area (TPSA) is 103 Å². The Morgan fingerprint density at radius 3 is 2.27 bits per heavy atom. The number of piperazine rings is 1. The van der Waals surface area contributed by atoms with Crippen LogP contribution < -0.4 is 0 Å². The van der Waals surface area contributed by atoms with Crippen LogP contribution in [0.2, 0.25) is 0 Å². The number of carboxylic acids is 2. The Hall–Kier alpha value is -2.87. The number of aliphatic carboxylic acids is 1. The van der Waals surface area contributed by atoms with Crippen molar-refractivity contribution < 1.29 is 24.6 Å². The molecule has 0 radical (unpaired) electrons. The number of nitrogens with zero attached hydrogens (tertiary/aromatic N) is 3. The number of aromatic nitrogens is 1. The molecule has 1 fully saturated rings. The number of amides is 1. The molecule has 138 valence electrons. The molecule has 1 amide bonds. The van der Waals surface area contributed by atoms with Gasteiger partial charge in [0.1, 0.15) is 6.04 Å².